The number of rotatable bonds is 0. The molecule has 2 nitrogen and oxygen atoms in total. The minimum Gasteiger partial charge on any atom is -0.217 e. The van der Waals surface area contributed by atoms with Gasteiger partial charge in [0, 0.05) is 16.4 Å². The molecule has 0 saturated carbocycles. The molecule has 0 saturated heterocycles. The van der Waals surface area contributed by atoms with Crippen LogP contribution in [0.4, 0.5) is 0 Å². The lowest BCUT2D eigenvalue weighted by atomic mass is 9.82. The van der Waals surface area contributed by atoms with Crippen molar-refractivity contribution in [3.05, 3.63) is 58.0 Å². The number of nitrogens with zero attached hydrogens (tertiary/aromatic N) is 2. The van der Waals surface area contributed by atoms with E-state index in [2.05, 4.69) is 48.1 Å². The summed E-state index contributed by atoms with van der Waals surface area (Å²) in [4.78, 5) is 8.48. The topological polar surface area (TPSA) is 25.8 Å². The summed E-state index contributed by atoms with van der Waals surface area (Å²) < 4.78 is 0. The predicted molar refractivity (Wildman–Crippen MR) is 87.1 cm³/mol. The molecule has 3 aromatic rings. The fourth-order valence-electron chi connectivity index (χ4n) is 3.32. The zero-order valence-corrected chi connectivity index (χ0v) is 13.1. The van der Waals surface area contributed by atoms with Gasteiger partial charge in [0.1, 0.15) is 5.15 Å². The van der Waals surface area contributed by atoms with Gasteiger partial charge in [-0.2, -0.15) is 0 Å². The van der Waals surface area contributed by atoms with E-state index in [0.29, 0.717) is 5.15 Å². The Balaban J connectivity index is 2.23. The first-order chi connectivity index (χ1) is 10.00. The lowest BCUT2D eigenvalue weighted by Gasteiger charge is -2.21. The van der Waals surface area contributed by atoms with Gasteiger partial charge in [0.15, 0.2) is 0 Å². The molecule has 1 aromatic heterocycles. The molecule has 0 aliphatic heterocycles. The second-order valence-corrected chi connectivity index (χ2v) is 6.53. The maximum Gasteiger partial charge on any atom is 0.224 e. The quantitative estimate of drug-likeness (QED) is 0.418. The van der Waals surface area contributed by atoms with E-state index >= 15 is 0 Å². The first kappa shape index (κ1) is 13.1. The molecule has 1 heterocycles. The molecule has 4 heteroatoms. The Morgan fingerprint density at radius 2 is 1.67 bits per heavy atom. The molecular formula is C17H12Cl2N2. The molecule has 4 rings (SSSR count). The molecule has 0 spiro atoms. The maximum absolute atomic E-state index is 6.23. The number of benzene rings is 2. The Hall–Kier alpha value is -1.64. The van der Waals surface area contributed by atoms with Gasteiger partial charge in [0.2, 0.25) is 5.28 Å². The SMILES string of the molecule is CC1(C)c2ccccc2-c2c1ccc1c(Cl)nc(Cl)nc21. The molecule has 0 bridgehead atoms. The summed E-state index contributed by atoms with van der Waals surface area (Å²) in [5.41, 5.74) is 5.66. The third-order valence-electron chi connectivity index (χ3n) is 4.34. The summed E-state index contributed by atoms with van der Waals surface area (Å²) in [5.74, 6) is 0. The Bertz CT molecular complexity index is 901. The van der Waals surface area contributed by atoms with E-state index in [-0.39, 0.29) is 10.7 Å². The molecule has 0 radical (unpaired) electrons. The second-order valence-electron chi connectivity index (χ2n) is 5.84. The average Bonchev–Trinajstić information content (AvgIpc) is 2.68. The zero-order valence-electron chi connectivity index (χ0n) is 11.6. The van der Waals surface area contributed by atoms with Crippen LogP contribution in [0.2, 0.25) is 10.4 Å². The molecular weight excluding hydrogens is 303 g/mol. The van der Waals surface area contributed by atoms with Crippen molar-refractivity contribution >= 4 is 34.1 Å². The van der Waals surface area contributed by atoms with Crippen LogP contribution in [0.25, 0.3) is 22.0 Å². The van der Waals surface area contributed by atoms with E-state index in [9.17, 15) is 0 Å². The smallest absolute Gasteiger partial charge is 0.217 e. The van der Waals surface area contributed by atoms with Gasteiger partial charge in [0.05, 0.1) is 5.52 Å². The fourth-order valence-corrected chi connectivity index (χ4v) is 3.76. The van der Waals surface area contributed by atoms with Crippen LogP contribution >= 0.6 is 23.2 Å². The number of aromatic nitrogens is 2. The summed E-state index contributed by atoms with van der Waals surface area (Å²) in [6.45, 7) is 4.46. The van der Waals surface area contributed by atoms with Gasteiger partial charge in [-0.05, 0) is 34.4 Å². The molecule has 0 N–H and O–H groups in total. The molecule has 0 fully saturated rings. The van der Waals surface area contributed by atoms with E-state index < -0.39 is 0 Å². The lowest BCUT2D eigenvalue weighted by molar-refractivity contribution is 0.661. The third kappa shape index (κ3) is 1.66. The molecule has 0 unspecified atom stereocenters. The van der Waals surface area contributed by atoms with Crippen molar-refractivity contribution in [2.24, 2.45) is 0 Å². The van der Waals surface area contributed by atoms with Crippen LogP contribution in [-0.2, 0) is 5.41 Å². The van der Waals surface area contributed by atoms with Gasteiger partial charge < -0.3 is 0 Å². The summed E-state index contributed by atoms with van der Waals surface area (Å²) in [7, 11) is 0. The van der Waals surface area contributed by atoms with Crippen molar-refractivity contribution in [1.29, 1.82) is 0 Å². The molecule has 21 heavy (non-hydrogen) atoms. The summed E-state index contributed by atoms with van der Waals surface area (Å²) in [6, 6.07) is 12.5. The van der Waals surface area contributed by atoms with Crippen LogP contribution in [0.15, 0.2) is 36.4 Å². The molecule has 1 aliphatic carbocycles. The van der Waals surface area contributed by atoms with Crippen LogP contribution in [0.1, 0.15) is 25.0 Å². The van der Waals surface area contributed by atoms with Crippen LogP contribution in [0, 0.1) is 0 Å². The molecule has 2 aromatic carbocycles. The van der Waals surface area contributed by atoms with Gasteiger partial charge in [-0.15, -0.1) is 0 Å². The van der Waals surface area contributed by atoms with Crippen LogP contribution in [-0.4, -0.2) is 9.97 Å². The van der Waals surface area contributed by atoms with Gasteiger partial charge in [-0.1, -0.05) is 55.8 Å². The average molecular weight is 315 g/mol. The van der Waals surface area contributed by atoms with Crippen molar-refractivity contribution < 1.29 is 0 Å². The molecule has 0 amide bonds. The fraction of sp³-hybridized carbons (Fsp3) is 0.176. The predicted octanol–water partition coefficient (Wildman–Crippen LogP) is 5.24. The highest BCUT2D eigenvalue weighted by atomic mass is 35.5. The Morgan fingerprint density at radius 1 is 0.905 bits per heavy atom. The van der Waals surface area contributed by atoms with E-state index in [4.69, 9.17) is 23.2 Å². The zero-order chi connectivity index (χ0) is 14.8. The van der Waals surface area contributed by atoms with Crippen molar-refractivity contribution in [2.75, 3.05) is 0 Å². The van der Waals surface area contributed by atoms with E-state index in [1.165, 1.54) is 16.7 Å². The van der Waals surface area contributed by atoms with E-state index in [1.54, 1.807) is 0 Å². The summed E-state index contributed by atoms with van der Waals surface area (Å²) in [6.07, 6.45) is 0. The normalized spacial score (nSPS) is 15.0. The Kier molecular flexibility index (Phi) is 2.60. The summed E-state index contributed by atoms with van der Waals surface area (Å²) in [5, 5.41) is 1.42. The van der Waals surface area contributed by atoms with Gasteiger partial charge in [-0.25, -0.2) is 9.97 Å². The first-order valence-corrected chi connectivity index (χ1v) is 7.52. The number of hydrogen-bond donors (Lipinski definition) is 0. The van der Waals surface area contributed by atoms with Gasteiger partial charge in [0.25, 0.3) is 0 Å². The lowest BCUT2D eigenvalue weighted by Crippen LogP contribution is -2.14. The van der Waals surface area contributed by atoms with Gasteiger partial charge >= 0.3 is 0 Å². The van der Waals surface area contributed by atoms with Crippen molar-refractivity contribution in [3.63, 3.8) is 0 Å². The van der Waals surface area contributed by atoms with E-state index in [1.807, 2.05) is 12.1 Å². The standard InChI is InChI=1S/C17H12Cl2N2/c1-17(2)11-6-4-3-5-9(11)13-12(17)8-7-10-14(13)20-16(19)21-15(10)18/h3-8H,1-2H3. The van der Waals surface area contributed by atoms with E-state index in [0.717, 1.165) is 16.5 Å². The van der Waals surface area contributed by atoms with Gasteiger partial charge in [-0.3, -0.25) is 0 Å². The van der Waals surface area contributed by atoms with Crippen LogP contribution < -0.4 is 0 Å². The monoisotopic (exact) mass is 314 g/mol. The minimum atomic E-state index is -0.0516. The van der Waals surface area contributed by atoms with Crippen LogP contribution in [0.3, 0.4) is 0 Å². The maximum atomic E-state index is 6.23. The molecule has 104 valence electrons. The summed E-state index contributed by atoms with van der Waals surface area (Å²) >= 11 is 12.2. The van der Waals surface area contributed by atoms with Crippen molar-refractivity contribution in [2.45, 2.75) is 19.3 Å². The second kappa shape index (κ2) is 4.19. The van der Waals surface area contributed by atoms with Crippen LogP contribution in [0.5, 0.6) is 0 Å². The van der Waals surface area contributed by atoms with Crippen molar-refractivity contribution in [1.82, 2.24) is 9.97 Å². The number of hydrogen-bond acceptors (Lipinski definition) is 2. The first-order valence-electron chi connectivity index (χ1n) is 6.76. The Labute approximate surface area is 132 Å². The number of fused-ring (bicyclic) bond motifs is 5. The Morgan fingerprint density at radius 3 is 2.48 bits per heavy atom. The highest BCUT2D eigenvalue weighted by Gasteiger charge is 2.36. The molecule has 1 aliphatic rings. The highest BCUT2D eigenvalue weighted by molar-refractivity contribution is 6.36. The molecule has 0 atom stereocenters. The largest absolute Gasteiger partial charge is 0.224 e. The number of halogens is 2. The van der Waals surface area contributed by atoms with Crippen molar-refractivity contribution in [3.8, 4) is 11.1 Å². The third-order valence-corrected chi connectivity index (χ3v) is 4.79. The highest BCUT2D eigenvalue weighted by Crippen LogP contribution is 2.51. The minimum absolute atomic E-state index is 0.0516.